The zero-order valence-corrected chi connectivity index (χ0v) is 20.1. The van der Waals surface area contributed by atoms with Gasteiger partial charge in [0, 0.05) is 6.54 Å². The topological polar surface area (TPSA) is 105 Å². The molecule has 1 atom stereocenters. The van der Waals surface area contributed by atoms with Gasteiger partial charge in [0.05, 0.1) is 35.3 Å². The molecule has 0 aliphatic heterocycles. The minimum Gasteiger partial charge on any atom is -0.495 e. The zero-order chi connectivity index (χ0) is 23.9. The molecular weight excluding hydrogens is 454 g/mol. The summed E-state index contributed by atoms with van der Waals surface area (Å²) in [5.41, 5.74) is 0.800. The lowest BCUT2D eigenvalue weighted by Gasteiger charge is -2.28. The van der Waals surface area contributed by atoms with E-state index in [2.05, 4.69) is 10.6 Å². The van der Waals surface area contributed by atoms with Gasteiger partial charge in [-0.3, -0.25) is 13.9 Å². The van der Waals surface area contributed by atoms with Crippen LogP contribution < -0.4 is 19.7 Å². The van der Waals surface area contributed by atoms with Crippen LogP contribution in [0.5, 0.6) is 5.75 Å². The fourth-order valence-corrected chi connectivity index (χ4v) is 4.52. The molecule has 2 amide bonds. The zero-order valence-electron chi connectivity index (χ0n) is 18.5. The van der Waals surface area contributed by atoms with Crippen LogP contribution in [0.15, 0.2) is 42.5 Å². The van der Waals surface area contributed by atoms with Gasteiger partial charge in [-0.1, -0.05) is 37.1 Å². The van der Waals surface area contributed by atoms with Crippen molar-refractivity contribution in [3.05, 3.63) is 53.1 Å². The van der Waals surface area contributed by atoms with E-state index < -0.39 is 22.0 Å². The normalized spacial score (nSPS) is 12.0. The number of ether oxygens (including phenoxy) is 1. The van der Waals surface area contributed by atoms with Gasteiger partial charge in [-0.15, -0.1) is 0 Å². The van der Waals surface area contributed by atoms with E-state index in [1.807, 2.05) is 6.92 Å². The number of carbonyl (C=O) groups is 2. The first-order valence-electron chi connectivity index (χ1n) is 10.1. The van der Waals surface area contributed by atoms with E-state index in [4.69, 9.17) is 16.3 Å². The number of anilines is 2. The molecule has 0 aliphatic carbocycles. The van der Waals surface area contributed by atoms with E-state index in [0.29, 0.717) is 23.5 Å². The van der Waals surface area contributed by atoms with Gasteiger partial charge in [0.1, 0.15) is 11.8 Å². The highest BCUT2D eigenvalue weighted by Crippen LogP contribution is 2.31. The fourth-order valence-electron chi connectivity index (χ4n) is 3.10. The molecule has 0 fully saturated rings. The number of unbranched alkanes of at least 4 members (excludes halogenated alkanes) is 1. The van der Waals surface area contributed by atoms with Gasteiger partial charge in [-0.05, 0) is 43.7 Å². The van der Waals surface area contributed by atoms with Gasteiger partial charge in [-0.25, -0.2) is 8.42 Å². The summed E-state index contributed by atoms with van der Waals surface area (Å²) in [6.45, 7) is 4.00. The van der Waals surface area contributed by atoms with E-state index in [1.165, 1.54) is 32.2 Å². The maximum absolute atomic E-state index is 13.0. The Kier molecular flexibility index (Phi) is 8.91. The Morgan fingerprint density at radius 3 is 2.47 bits per heavy atom. The summed E-state index contributed by atoms with van der Waals surface area (Å²) < 4.78 is 31.1. The molecule has 2 aromatic rings. The molecule has 32 heavy (non-hydrogen) atoms. The van der Waals surface area contributed by atoms with E-state index in [1.54, 1.807) is 24.3 Å². The predicted molar refractivity (Wildman–Crippen MR) is 127 cm³/mol. The Hall–Kier alpha value is -2.78. The molecule has 2 rings (SSSR count). The quantitative estimate of drug-likeness (QED) is 0.504. The van der Waals surface area contributed by atoms with Crippen LogP contribution in [0.3, 0.4) is 0 Å². The molecule has 0 aliphatic rings. The molecule has 10 heteroatoms. The van der Waals surface area contributed by atoms with Crippen molar-refractivity contribution in [2.24, 2.45) is 0 Å². The van der Waals surface area contributed by atoms with Crippen LogP contribution in [0.1, 0.15) is 37.0 Å². The Bertz CT molecular complexity index is 1070. The number of rotatable bonds is 10. The highest BCUT2D eigenvalue weighted by Gasteiger charge is 2.30. The average Bonchev–Trinajstić information content (AvgIpc) is 2.73. The summed E-state index contributed by atoms with van der Waals surface area (Å²) in [7, 11) is -2.39. The summed E-state index contributed by atoms with van der Waals surface area (Å²) in [4.78, 5) is 25.5. The number of carbonyl (C=O) groups excluding carboxylic acids is 2. The fraction of sp³-hybridized carbons (Fsp3) is 0.364. The first-order chi connectivity index (χ1) is 15.1. The predicted octanol–water partition coefficient (Wildman–Crippen LogP) is 3.67. The van der Waals surface area contributed by atoms with Gasteiger partial charge in [0.25, 0.3) is 5.91 Å². The molecule has 0 saturated heterocycles. The molecule has 0 radical (unpaired) electrons. The largest absolute Gasteiger partial charge is 0.495 e. The highest BCUT2D eigenvalue weighted by atomic mass is 35.5. The van der Waals surface area contributed by atoms with E-state index in [-0.39, 0.29) is 16.6 Å². The van der Waals surface area contributed by atoms with Gasteiger partial charge >= 0.3 is 0 Å². The number of halogens is 1. The third-order valence-electron chi connectivity index (χ3n) is 4.72. The molecule has 8 nitrogen and oxygen atoms in total. The lowest BCUT2D eigenvalue weighted by molar-refractivity contribution is -0.116. The second-order valence-electron chi connectivity index (χ2n) is 7.20. The van der Waals surface area contributed by atoms with Gasteiger partial charge in [0.2, 0.25) is 15.9 Å². The molecule has 0 bridgehead atoms. The van der Waals surface area contributed by atoms with E-state index >= 15 is 0 Å². The van der Waals surface area contributed by atoms with Gasteiger partial charge in [-0.2, -0.15) is 0 Å². The number of hydrogen-bond acceptors (Lipinski definition) is 5. The maximum Gasteiger partial charge on any atom is 0.253 e. The monoisotopic (exact) mass is 481 g/mol. The number of nitrogens with one attached hydrogen (secondary N) is 2. The third-order valence-corrected chi connectivity index (χ3v) is 6.26. The van der Waals surface area contributed by atoms with Crippen molar-refractivity contribution in [1.29, 1.82) is 0 Å². The van der Waals surface area contributed by atoms with Crippen molar-refractivity contribution in [2.45, 2.75) is 32.7 Å². The van der Waals surface area contributed by atoms with Crippen molar-refractivity contribution in [2.75, 3.05) is 29.5 Å². The molecule has 174 valence electrons. The Balaban J connectivity index is 2.30. The molecule has 2 N–H and O–H groups in total. The number of para-hydroxylation sites is 1. The van der Waals surface area contributed by atoms with Crippen molar-refractivity contribution >= 4 is 44.8 Å². The van der Waals surface area contributed by atoms with Crippen molar-refractivity contribution < 1.29 is 22.7 Å². The number of nitrogens with zero attached hydrogens (tertiary/aromatic N) is 1. The number of hydrogen-bond donors (Lipinski definition) is 2. The molecule has 0 spiro atoms. The van der Waals surface area contributed by atoms with E-state index in [9.17, 15) is 18.0 Å². The molecule has 0 aromatic heterocycles. The number of methoxy groups -OCH3 is 1. The van der Waals surface area contributed by atoms with Gasteiger partial charge in [0.15, 0.2) is 0 Å². The lowest BCUT2D eigenvalue weighted by Crippen LogP contribution is -2.45. The Morgan fingerprint density at radius 1 is 1.19 bits per heavy atom. The number of amides is 2. The maximum atomic E-state index is 13.0. The second-order valence-corrected chi connectivity index (χ2v) is 9.46. The standard InChI is InChI=1S/C22H28ClN3O5S/c1-5-6-13-24-22(28)17-9-7-8-10-19(17)25-21(27)15(2)26(32(4,29)30)16-11-12-20(31-3)18(23)14-16/h7-12,14-15H,5-6,13H2,1-4H3,(H,24,28)(H,25,27)/t15-/m0/s1. The lowest BCUT2D eigenvalue weighted by atomic mass is 10.1. The molecule has 0 unspecified atom stereocenters. The van der Waals surface area contributed by atoms with E-state index in [0.717, 1.165) is 23.4 Å². The summed E-state index contributed by atoms with van der Waals surface area (Å²) in [5, 5.41) is 5.70. The highest BCUT2D eigenvalue weighted by molar-refractivity contribution is 7.92. The Labute approximate surface area is 193 Å². The summed E-state index contributed by atoms with van der Waals surface area (Å²) >= 11 is 6.15. The minimum atomic E-state index is -3.84. The third kappa shape index (κ3) is 6.37. The summed E-state index contributed by atoms with van der Waals surface area (Å²) in [5.74, 6) is -0.538. The smallest absolute Gasteiger partial charge is 0.253 e. The Morgan fingerprint density at radius 2 is 1.88 bits per heavy atom. The van der Waals surface area contributed by atoms with Crippen LogP contribution in [0, 0.1) is 0 Å². The molecular formula is C22H28ClN3O5S. The minimum absolute atomic E-state index is 0.209. The van der Waals surface area contributed by atoms with Crippen molar-refractivity contribution in [1.82, 2.24) is 5.32 Å². The average molecular weight is 482 g/mol. The van der Waals surface area contributed by atoms with Crippen LogP contribution in [-0.2, 0) is 14.8 Å². The van der Waals surface area contributed by atoms with Gasteiger partial charge < -0.3 is 15.4 Å². The van der Waals surface area contributed by atoms with Crippen LogP contribution in [0.25, 0.3) is 0 Å². The SMILES string of the molecule is CCCCNC(=O)c1ccccc1NC(=O)[C@H](C)N(c1ccc(OC)c(Cl)c1)S(C)(=O)=O. The number of benzene rings is 2. The molecule has 2 aromatic carbocycles. The van der Waals surface area contributed by atoms with Crippen LogP contribution in [0.4, 0.5) is 11.4 Å². The van der Waals surface area contributed by atoms with Crippen molar-refractivity contribution in [3.63, 3.8) is 0 Å². The first kappa shape index (κ1) is 25.5. The first-order valence-corrected chi connectivity index (χ1v) is 12.3. The number of sulfonamides is 1. The summed E-state index contributed by atoms with van der Waals surface area (Å²) in [6.07, 6.45) is 2.78. The van der Waals surface area contributed by atoms with Crippen LogP contribution in [0.2, 0.25) is 5.02 Å². The van der Waals surface area contributed by atoms with Crippen LogP contribution in [-0.4, -0.2) is 46.2 Å². The second kappa shape index (κ2) is 11.2. The summed E-state index contributed by atoms with van der Waals surface area (Å²) in [6, 6.07) is 9.89. The molecule has 0 heterocycles. The van der Waals surface area contributed by atoms with Crippen molar-refractivity contribution in [3.8, 4) is 5.75 Å². The molecule has 0 saturated carbocycles. The van der Waals surface area contributed by atoms with Crippen LogP contribution >= 0.6 is 11.6 Å².